The van der Waals surface area contributed by atoms with Gasteiger partial charge in [0.2, 0.25) is 5.91 Å². The molecule has 1 saturated heterocycles. The highest BCUT2D eigenvalue weighted by Crippen LogP contribution is 2.31. The van der Waals surface area contributed by atoms with Crippen molar-refractivity contribution in [1.82, 2.24) is 10.2 Å². The molecule has 2 heterocycles. The lowest BCUT2D eigenvalue weighted by molar-refractivity contribution is -0.147. The number of hydrogen-bond acceptors (Lipinski definition) is 9. The Morgan fingerprint density at radius 3 is 2.16 bits per heavy atom. The van der Waals surface area contributed by atoms with E-state index in [-0.39, 0.29) is 39.1 Å². The topological polar surface area (TPSA) is 124 Å². The summed E-state index contributed by atoms with van der Waals surface area (Å²) >= 11 is 0. The monoisotopic (exact) mass is 671 g/mol. The predicted octanol–water partition coefficient (Wildman–Crippen LogP) is 5.26. The zero-order valence-corrected chi connectivity index (χ0v) is 28.0. The van der Waals surface area contributed by atoms with E-state index in [4.69, 9.17) is 18.9 Å². The molecule has 0 aromatic heterocycles. The molecule has 11 nitrogen and oxygen atoms in total. The maximum absolute atomic E-state index is 13.9. The second-order valence-electron chi connectivity index (χ2n) is 12.3. The lowest BCUT2D eigenvalue weighted by Crippen LogP contribution is -2.55. The summed E-state index contributed by atoms with van der Waals surface area (Å²) in [6, 6.07) is 24.3. The van der Waals surface area contributed by atoms with E-state index in [9.17, 15) is 19.2 Å². The lowest BCUT2D eigenvalue weighted by atomic mass is 9.91. The minimum Gasteiger partial charge on any atom is -0.489 e. The number of nitrogens with one attached hydrogen (secondary N) is 1. The summed E-state index contributed by atoms with van der Waals surface area (Å²) < 4.78 is 22.4. The molecule has 0 bridgehead atoms. The van der Waals surface area contributed by atoms with Crippen LogP contribution in [0.25, 0.3) is 0 Å². The van der Waals surface area contributed by atoms with Crippen molar-refractivity contribution in [1.29, 1.82) is 0 Å². The second kappa shape index (κ2) is 18.0. The maximum atomic E-state index is 13.9. The van der Waals surface area contributed by atoms with Crippen molar-refractivity contribution in [3.05, 3.63) is 96.1 Å². The molecule has 0 spiro atoms. The molecule has 1 fully saturated rings. The van der Waals surface area contributed by atoms with Gasteiger partial charge in [0.05, 0.1) is 12.3 Å². The Bertz CT molecular complexity index is 1530. The van der Waals surface area contributed by atoms with Gasteiger partial charge in [-0.25, -0.2) is 4.79 Å². The Balaban J connectivity index is 1.14. The van der Waals surface area contributed by atoms with Crippen LogP contribution in [0.5, 0.6) is 5.75 Å². The summed E-state index contributed by atoms with van der Waals surface area (Å²) in [6.45, 7) is 3.18. The van der Waals surface area contributed by atoms with Crippen LogP contribution in [-0.4, -0.2) is 73.8 Å². The minimum atomic E-state index is -0.908. The van der Waals surface area contributed by atoms with Gasteiger partial charge in [0, 0.05) is 13.1 Å². The van der Waals surface area contributed by atoms with Gasteiger partial charge >= 0.3 is 18.0 Å². The van der Waals surface area contributed by atoms with E-state index < -0.39 is 29.9 Å². The molecule has 2 atom stereocenters. The SMILES string of the molecule is CCOC(=O)[C@@H](CCCC1CCN(C(=O)OCc2ccccc2)CC1)N[C@H]1COc2ccccc2N(CC(=O)OCc2ccccc2)C1=O. The van der Waals surface area contributed by atoms with Crippen LogP contribution < -0.4 is 15.0 Å². The van der Waals surface area contributed by atoms with Crippen LogP contribution in [0.4, 0.5) is 10.5 Å². The molecule has 0 radical (unpaired) electrons. The van der Waals surface area contributed by atoms with Crippen molar-refractivity contribution < 1.29 is 38.1 Å². The molecule has 2 aliphatic rings. The Hall–Kier alpha value is -4.90. The highest BCUT2D eigenvalue weighted by molar-refractivity contribution is 6.02. The molecular formula is C38H45N3O8. The maximum Gasteiger partial charge on any atom is 0.410 e. The number of nitrogens with zero attached hydrogens (tertiary/aromatic N) is 2. The number of amides is 2. The number of benzene rings is 3. The fourth-order valence-corrected chi connectivity index (χ4v) is 6.13. The number of hydrogen-bond donors (Lipinski definition) is 1. The molecule has 2 aliphatic heterocycles. The van der Waals surface area contributed by atoms with Crippen LogP contribution in [0.3, 0.4) is 0 Å². The first kappa shape index (κ1) is 35.4. The number of carbonyl (C=O) groups is 4. The van der Waals surface area contributed by atoms with Crippen LogP contribution in [0.15, 0.2) is 84.9 Å². The zero-order chi connectivity index (χ0) is 34.4. The van der Waals surface area contributed by atoms with Gasteiger partial charge in [-0.3, -0.25) is 24.6 Å². The van der Waals surface area contributed by atoms with E-state index in [0.717, 1.165) is 36.8 Å². The van der Waals surface area contributed by atoms with Crippen LogP contribution in [-0.2, 0) is 41.8 Å². The van der Waals surface area contributed by atoms with E-state index >= 15 is 0 Å². The molecule has 5 rings (SSSR count). The highest BCUT2D eigenvalue weighted by Gasteiger charge is 2.36. The van der Waals surface area contributed by atoms with Gasteiger partial charge in [0.25, 0.3) is 0 Å². The summed E-state index contributed by atoms with van der Waals surface area (Å²) in [5.41, 5.74) is 2.24. The van der Waals surface area contributed by atoms with Gasteiger partial charge in [-0.15, -0.1) is 0 Å². The van der Waals surface area contributed by atoms with Crippen LogP contribution >= 0.6 is 0 Å². The third-order valence-corrected chi connectivity index (χ3v) is 8.81. The quantitative estimate of drug-likeness (QED) is 0.181. The van der Waals surface area contributed by atoms with Crippen molar-refractivity contribution in [3.63, 3.8) is 0 Å². The Morgan fingerprint density at radius 1 is 0.857 bits per heavy atom. The number of esters is 2. The van der Waals surface area contributed by atoms with E-state index in [1.54, 1.807) is 36.1 Å². The van der Waals surface area contributed by atoms with Crippen LogP contribution in [0.1, 0.15) is 50.2 Å². The van der Waals surface area contributed by atoms with E-state index in [0.29, 0.717) is 36.9 Å². The normalized spacial score (nSPS) is 16.9. The standard InChI is InChI=1S/C38H45N3O8/c1-2-46-37(44)31(17-11-16-28-20-22-40(23-21-28)38(45)49-26-30-14-7-4-8-15-30)39-32-27-47-34-19-10-9-18-33(34)41(36(32)43)24-35(42)48-25-29-12-5-3-6-13-29/h3-10,12-15,18-19,28,31-32,39H,2,11,16-17,20-27H2,1H3/t31-,32+/m1/s1. The Morgan fingerprint density at radius 2 is 1.49 bits per heavy atom. The number of likely N-dealkylation sites (tertiary alicyclic amines) is 1. The zero-order valence-electron chi connectivity index (χ0n) is 28.0. The average molecular weight is 672 g/mol. The molecule has 0 unspecified atom stereocenters. The van der Waals surface area contributed by atoms with Crippen LogP contribution in [0, 0.1) is 5.92 Å². The number of fused-ring (bicyclic) bond motifs is 1. The molecule has 11 heteroatoms. The van der Waals surface area contributed by atoms with Crippen LogP contribution in [0.2, 0.25) is 0 Å². The van der Waals surface area contributed by atoms with E-state index in [1.807, 2.05) is 60.7 Å². The Labute approximate surface area is 287 Å². The number of piperidine rings is 1. The van der Waals surface area contributed by atoms with Gasteiger partial charge in [-0.1, -0.05) is 85.6 Å². The molecule has 49 heavy (non-hydrogen) atoms. The smallest absolute Gasteiger partial charge is 0.410 e. The van der Waals surface area contributed by atoms with Gasteiger partial charge in [-0.2, -0.15) is 0 Å². The van der Waals surface area contributed by atoms with Gasteiger partial charge in [0.1, 0.15) is 44.2 Å². The number of carbonyl (C=O) groups excluding carboxylic acids is 4. The molecule has 0 aliphatic carbocycles. The van der Waals surface area contributed by atoms with E-state index in [2.05, 4.69) is 5.32 Å². The largest absolute Gasteiger partial charge is 0.489 e. The summed E-state index contributed by atoms with van der Waals surface area (Å²) in [6.07, 6.45) is 3.43. The van der Waals surface area contributed by atoms with Gasteiger partial charge in [-0.05, 0) is 55.4 Å². The molecule has 0 saturated carbocycles. The van der Waals surface area contributed by atoms with Crippen molar-refractivity contribution in [2.75, 3.05) is 37.7 Å². The number of anilines is 1. The average Bonchev–Trinajstić information content (AvgIpc) is 3.26. The summed E-state index contributed by atoms with van der Waals surface area (Å²) in [5, 5.41) is 3.20. The van der Waals surface area contributed by atoms with Crippen molar-refractivity contribution >= 4 is 29.6 Å². The lowest BCUT2D eigenvalue weighted by Gasteiger charge is -2.31. The summed E-state index contributed by atoms with van der Waals surface area (Å²) in [7, 11) is 0. The number of rotatable bonds is 14. The molecule has 1 N–H and O–H groups in total. The fourth-order valence-electron chi connectivity index (χ4n) is 6.13. The number of ether oxygens (including phenoxy) is 4. The van der Waals surface area contributed by atoms with Crippen molar-refractivity contribution in [3.8, 4) is 5.75 Å². The van der Waals surface area contributed by atoms with Crippen molar-refractivity contribution in [2.45, 2.75) is 64.3 Å². The molecule has 2 amide bonds. The third-order valence-electron chi connectivity index (χ3n) is 8.81. The van der Waals surface area contributed by atoms with Gasteiger partial charge in [0.15, 0.2) is 0 Å². The first-order chi connectivity index (χ1) is 23.9. The van der Waals surface area contributed by atoms with Crippen molar-refractivity contribution in [2.24, 2.45) is 5.92 Å². The first-order valence-corrected chi connectivity index (χ1v) is 17.0. The predicted molar refractivity (Wildman–Crippen MR) is 183 cm³/mol. The molecule has 260 valence electrons. The highest BCUT2D eigenvalue weighted by atomic mass is 16.6. The third kappa shape index (κ3) is 10.3. The number of para-hydroxylation sites is 2. The fraction of sp³-hybridized carbons (Fsp3) is 0.421. The van der Waals surface area contributed by atoms with E-state index in [1.165, 1.54) is 4.90 Å². The second-order valence-corrected chi connectivity index (χ2v) is 12.3. The minimum absolute atomic E-state index is 0.0276. The molecule has 3 aromatic carbocycles. The Kier molecular flexibility index (Phi) is 13.0. The summed E-state index contributed by atoms with van der Waals surface area (Å²) in [5.74, 6) is -0.552. The molecular weight excluding hydrogens is 626 g/mol. The van der Waals surface area contributed by atoms with Gasteiger partial charge < -0.3 is 23.8 Å². The first-order valence-electron chi connectivity index (χ1n) is 17.0. The summed E-state index contributed by atoms with van der Waals surface area (Å²) in [4.78, 5) is 55.7. The molecule has 3 aromatic rings.